The van der Waals surface area contributed by atoms with Crippen LogP contribution >= 0.6 is 0 Å². The molecule has 1 aromatic heterocycles. The minimum Gasteiger partial charge on any atom is -0.330 e. The smallest absolute Gasteiger partial charge is 0.295 e. The van der Waals surface area contributed by atoms with Crippen LogP contribution in [0.4, 0.5) is 5.69 Å². The van der Waals surface area contributed by atoms with Crippen molar-refractivity contribution in [3.63, 3.8) is 0 Å². The Kier molecular flexibility index (Phi) is 2.34. The zero-order valence-electron chi connectivity index (χ0n) is 7.93. The molecule has 0 aliphatic carbocycles. The van der Waals surface area contributed by atoms with Crippen LogP contribution in [0.5, 0.6) is 0 Å². The first-order chi connectivity index (χ1) is 7.22. The predicted octanol–water partition coefficient (Wildman–Crippen LogP) is 0.972. The summed E-state index contributed by atoms with van der Waals surface area (Å²) in [6.45, 7) is 0.473. The van der Waals surface area contributed by atoms with Crippen LogP contribution in [-0.4, -0.2) is 21.7 Å². The van der Waals surface area contributed by atoms with Crippen molar-refractivity contribution in [1.82, 2.24) is 10.2 Å². The molecule has 1 heterocycles. The van der Waals surface area contributed by atoms with Gasteiger partial charge in [-0.1, -0.05) is 0 Å². The maximum atomic E-state index is 10.8. The summed E-state index contributed by atoms with van der Waals surface area (Å²) in [5, 5.41) is 17.9. The number of nitrogens with one attached hydrogen (secondary N) is 1. The summed E-state index contributed by atoms with van der Waals surface area (Å²) in [6, 6.07) is 3.39. The van der Waals surface area contributed by atoms with Crippen LogP contribution in [0.2, 0.25) is 0 Å². The van der Waals surface area contributed by atoms with E-state index in [1.54, 1.807) is 6.20 Å². The Morgan fingerprint density at radius 1 is 1.53 bits per heavy atom. The van der Waals surface area contributed by atoms with E-state index in [0.29, 0.717) is 18.5 Å². The minimum absolute atomic E-state index is 0.0495. The number of nitrogens with two attached hydrogens (primary N) is 1. The van der Waals surface area contributed by atoms with Crippen LogP contribution in [-0.2, 0) is 6.42 Å². The molecule has 78 valence electrons. The maximum absolute atomic E-state index is 10.8. The number of hydrogen-bond acceptors (Lipinski definition) is 4. The van der Waals surface area contributed by atoms with Gasteiger partial charge in [-0.3, -0.25) is 15.2 Å². The summed E-state index contributed by atoms with van der Waals surface area (Å²) in [4.78, 5) is 10.4. The first-order valence-electron chi connectivity index (χ1n) is 4.53. The van der Waals surface area contributed by atoms with Crippen molar-refractivity contribution < 1.29 is 4.92 Å². The van der Waals surface area contributed by atoms with Crippen molar-refractivity contribution in [2.75, 3.05) is 6.54 Å². The molecule has 0 amide bonds. The van der Waals surface area contributed by atoms with Crippen molar-refractivity contribution in [2.45, 2.75) is 6.42 Å². The maximum Gasteiger partial charge on any atom is 0.295 e. The molecular weight excluding hydrogens is 196 g/mol. The molecule has 0 unspecified atom stereocenters. The normalized spacial score (nSPS) is 10.7. The third-order valence-corrected chi connectivity index (χ3v) is 2.22. The van der Waals surface area contributed by atoms with E-state index < -0.39 is 4.92 Å². The molecule has 0 saturated carbocycles. The van der Waals surface area contributed by atoms with Crippen molar-refractivity contribution in [2.24, 2.45) is 5.73 Å². The molecule has 6 heteroatoms. The third kappa shape index (κ3) is 1.66. The number of nitro benzene ring substituents is 1. The van der Waals surface area contributed by atoms with E-state index in [1.807, 2.05) is 6.07 Å². The highest BCUT2D eigenvalue weighted by atomic mass is 16.6. The SMILES string of the molecule is NCCc1cc([N+](=O)[O-])c2[nH]ncc2c1. The summed E-state index contributed by atoms with van der Waals surface area (Å²) < 4.78 is 0. The molecule has 0 saturated heterocycles. The fourth-order valence-electron chi connectivity index (χ4n) is 1.55. The standard InChI is InChI=1S/C9H10N4O2/c10-2-1-6-3-7-5-11-12-9(7)8(4-6)13(14)15/h3-5H,1-2,10H2,(H,11,12). The molecule has 0 atom stereocenters. The number of nitrogens with zero attached hydrogens (tertiary/aromatic N) is 2. The predicted molar refractivity (Wildman–Crippen MR) is 55.5 cm³/mol. The number of hydrogen-bond donors (Lipinski definition) is 2. The summed E-state index contributed by atoms with van der Waals surface area (Å²) in [5.74, 6) is 0. The van der Waals surface area contributed by atoms with Crippen LogP contribution in [0.15, 0.2) is 18.3 Å². The molecule has 2 aromatic rings. The highest BCUT2D eigenvalue weighted by Gasteiger charge is 2.14. The van der Waals surface area contributed by atoms with Gasteiger partial charge in [-0.05, 0) is 24.6 Å². The topological polar surface area (TPSA) is 97.8 Å². The molecule has 0 aliphatic heterocycles. The van der Waals surface area contributed by atoms with E-state index in [1.165, 1.54) is 6.07 Å². The van der Waals surface area contributed by atoms with Gasteiger partial charge in [0.15, 0.2) is 0 Å². The molecule has 0 spiro atoms. The fraction of sp³-hybridized carbons (Fsp3) is 0.222. The largest absolute Gasteiger partial charge is 0.330 e. The van der Waals surface area contributed by atoms with Gasteiger partial charge < -0.3 is 5.73 Å². The Morgan fingerprint density at radius 2 is 2.33 bits per heavy atom. The van der Waals surface area contributed by atoms with E-state index in [4.69, 9.17) is 5.73 Å². The summed E-state index contributed by atoms with van der Waals surface area (Å²) >= 11 is 0. The molecule has 0 fully saturated rings. The Morgan fingerprint density at radius 3 is 3.00 bits per heavy atom. The van der Waals surface area contributed by atoms with Crippen molar-refractivity contribution >= 4 is 16.6 Å². The number of non-ortho nitro benzene ring substituents is 1. The lowest BCUT2D eigenvalue weighted by Gasteiger charge is -1.99. The molecule has 2 rings (SSSR count). The molecule has 0 aliphatic rings. The Balaban J connectivity index is 2.63. The highest BCUT2D eigenvalue weighted by Crippen LogP contribution is 2.25. The van der Waals surface area contributed by atoms with Crippen molar-refractivity contribution in [3.05, 3.63) is 34.0 Å². The first kappa shape index (κ1) is 9.60. The van der Waals surface area contributed by atoms with Gasteiger partial charge in [0.05, 0.1) is 11.1 Å². The number of benzene rings is 1. The van der Waals surface area contributed by atoms with E-state index in [-0.39, 0.29) is 5.69 Å². The second kappa shape index (κ2) is 3.66. The van der Waals surface area contributed by atoms with Gasteiger partial charge in [-0.25, -0.2) is 0 Å². The number of aromatic nitrogens is 2. The quantitative estimate of drug-likeness (QED) is 0.577. The first-order valence-corrected chi connectivity index (χ1v) is 4.53. The zero-order valence-corrected chi connectivity index (χ0v) is 7.93. The second-order valence-electron chi connectivity index (χ2n) is 3.24. The van der Waals surface area contributed by atoms with E-state index >= 15 is 0 Å². The molecule has 0 bridgehead atoms. The molecule has 0 radical (unpaired) electrons. The Labute approximate surface area is 85.2 Å². The number of nitro groups is 1. The van der Waals surface area contributed by atoms with Crippen LogP contribution in [0.1, 0.15) is 5.56 Å². The zero-order chi connectivity index (χ0) is 10.8. The van der Waals surface area contributed by atoms with Crippen molar-refractivity contribution in [3.8, 4) is 0 Å². The minimum atomic E-state index is -0.416. The monoisotopic (exact) mass is 206 g/mol. The molecular formula is C9H10N4O2. The van der Waals surface area contributed by atoms with E-state index in [2.05, 4.69) is 10.2 Å². The van der Waals surface area contributed by atoms with Gasteiger partial charge in [-0.15, -0.1) is 0 Å². The van der Waals surface area contributed by atoms with Gasteiger partial charge in [-0.2, -0.15) is 5.10 Å². The summed E-state index contributed by atoms with van der Waals surface area (Å²) in [6.07, 6.45) is 2.20. The molecule has 15 heavy (non-hydrogen) atoms. The van der Waals surface area contributed by atoms with Gasteiger partial charge in [0.1, 0.15) is 5.52 Å². The third-order valence-electron chi connectivity index (χ3n) is 2.22. The average molecular weight is 206 g/mol. The van der Waals surface area contributed by atoms with E-state index in [9.17, 15) is 10.1 Å². The average Bonchev–Trinajstić information content (AvgIpc) is 2.64. The number of H-pyrrole nitrogens is 1. The van der Waals surface area contributed by atoms with Gasteiger partial charge in [0.2, 0.25) is 0 Å². The Hall–Kier alpha value is -1.95. The van der Waals surface area contributed by atoms with Crippen molar-refractivity contribution in [1.29, 1.82) is 0 Å². The van der Waals surface area contributed by atoms with Gasteiger partial charge >= 0.3 is 0 Å². The Bertz CT molecular complexity index is 506. The lowest BCUT2D eigenvalue weighted by atomic mass is 10.1. The van der Waals surface area contributed by atoms with Gasteiger partial charge in [0.25, 0.3) is 5.69 Å². The second-order valence-corrected chi connectivity index (χ2v) is 3.24. The van der Waals surface area contributed by atoms with E-state index in [0.717, 1.165) is 10.9 Å². The number of aromatic amines is 1. The van der Waals surface area contributed by atoms with Crippen LogP contribution in [0.3, 0.4) is 0 Å². The number of fused-ring (bicyclic) bond motifs is 1. The molecule has 3 N–H and O–H groups in total. The summed E-state index contributed by atoms with van der Waals surface area (Å²) in [5.41, 5.74) is 6.78. The lowest BCUT2D eigenvalue weighted by molar-refractivity contribution is -0.383. The van der Waals surface area contributed by atoms with Crippen LogP contribution < -0.4 is 5.73 Å². The van der Waals surface area contributed by atoms with Crippen LogP contribution in [0.25, 0.3) is 10.9 Å². The summed E-state index contributed by atoms with van der Waals surface area (Å²) in [7, 11) is 0. The molecule has 6 nitrogen and oxygen atoms in total. The van der Waals surface area contributed by atoms with Crippen LogP contribution in [0, 0.1) is 10.1 Å². The fourth-order valence-corrected chi connectivity index (χ4v) is 1.55. The molecule has 1 aromatic carbocycles. The lowest BCUT2D eigenvalue weighted by Crippen LogP contribution is -2.03. The van der Waals surface area contributed by atoms with Gasteiger partial charge in [0, 0.05) is 11.5 Å². The number of rotatable bonds is 3. The highest BCUT2D eigenvalue weighted by molar-refractivity contribution is 5.87.